The molecule has 0 spiro atoms. The van der Waals surface area contributed by atoms with Crippen molar-refractivity contribution >= 4 is 11.8 Å². The minimum Gasteiger partial charge on any atom is -0.466 e. The summed E-state index contributed by atoms with van der Waals surface area (Å²) in [6, 6.07) is 6.65. The highest BCUT2D eigenvalue weighted by molar-refractivity contribution is 6.09. The van der Waals surface area contributed by atoms with Gasteiger partial charge in [0.05, 0.1) is 6.61 Å². The van der Waals surface area contributed by atoms with Crippen molar-refractivity contribution < 1.29 is 32.6 Å². The van der Waals surface area contributed by atoms with Crippen LogP contribution in [0.3, 0.4) is 0 Å². The van der Waals surface area contributed by atoms with Gasteiger partial charge in [0.1, 0.15) is 11.7 Å². The SMILES string of the molecule is CCOC(=O)C1CC(C(=O)c2ccc(C)cc2)=C2NCCCCN2C1(O)C(F)(F)F. The maximum atomic E-state index is 14.1. The van der Waals surface area contributed by atoms with E-state index in [9.17, 15) is 27.9 Å². The van der Waals surface area contributed by atoms with Crippen LogP contribution in [-0.4, -0.2) is 53.4 Å². The van der Waals surface area contributed by atoms with Crippen LogP contribution in [0.4, 0.5) is 13.2 Å². The van der Waals surface area contributed by atoms with Gasteiger partial charge in [-0.1, -0.05) is 29.8 Å². The first-order valence-electron chi connectivity index (χ1n) is 9.93. The summed E-state index contributed by atoms with van der Waals surface area (Å²) in [5.74, 6) is -3.72. The molecular formula is C21H25F3N2O4. The molecule has 2 N–H and O–H groups in total. The van der Waals surface area contributed by atoms with E-state index in [0.717, 1.165) is 10.5 Å². The zero-order valence-corrected chi connectivity index (χ0v) is 16.9. The third-order valence-corrected chi connectivity index (χ3v) is 5.54. The molecule has 1 fully saturated rings. The number of fused-ring (bicyclic) bond motifs is 1. The Morgan fingerprint density at radius 3 is 2.53 bits per heavy atom. The van der Waals surface area contributed by atoms with Gasteiger partial charge in [0.2, 0.25) is 0 Å². The number of rotatable bonds is 4. The van der Waals surface area contributed by atoms with Gasteiger partial charge in [0, 0.05) is 24.2 Å². The molecule has 0 aromatic heterocycles. The van der Waals surface area contributed by atoms with E-state index in [1.807, 2.05) is 6.92 Å². The molecular weight excluding hydrogens is 401 g/mol. The Morgan fingerprint density at radius 1 is 1.27 bits per heavy atom. The zero-order chi connectivity index (χ0) is 22.1. The van der Waals surface area contributed by atoms with Gasteiger partial charge < -0.3 is 20.1 Å². The summed E-state index contributed by atoms with van der Waals surface area (Å²) in [4.78, 5) is 26.5. The Labute approximate surface area is 172 Å². The van der Waals surface area contributed by atoms with Gasteiger partial charge in [0.25, 0.3) is 5.72 Å². The van der Waals surface area contributed by atoms with Crippen molar-refractivity contribution in [3.63, 3.8) is 0 Å². The first-order chi connectivity index (χ1) is 14.1. The van der Waals surface area contributed by atoms with Gasteiger partial charge in [-0.3, -0.25) is 9.59 Å². The molecule has 2 heterocycles. The standard InChI is InChI=1S/C21H25F3N2O4/c1-3-30-19(28)16-12-15(17(27)14-8-6-13(2)7-9-14)18-25-10-4-5-11-26(18)20(16,29)21(22,23)24/h6-9,16,25,29H,3-5,10-12H2,1-2H3. The second-order valence-corrected chi connectivity index (χ2v) is 7.54. The van der Waals surface area contributed by atoms with Crippen molar-refractivity contribution in [1.82, 2.24) is 10.2 Å². The minimum absolute atomic E-state index is 0.0349. The van der Waals surface area contributed by atoms with Crippen LogP contribution in [-0.2, 0) is 9.53 Å². The number of esters is 1. The number of nitrogens with zero attached hydrogens (tertiary/aromatic N) is 1. The smallest absolute Gasteiger partial charge is 0.437 e. The average Bonchev–Trinajstić information content (AvgIpc) is 2.94. The molecule has 2 aliphatic rings. The van der Waals surface area contributed by atoms with Crippen LogP contribution in [0, 0.1) is 12.8 Å². The lowest BCUT2D eigenvalue weighted by atomic mass is 9.80. The van der Waals surface area contributed by atoms with E-state index in [-0.39, 0.29) is 24.5 Å². The van der Waals surface area contributed by atoms with Crippen molar-refractivity contribution in [2.24, 2.45) is 5.92 Å². The number of hydrogen-bond donors (Lipinski definition) is 2. The molecule has 9 heteroatoms. The normalized spacial score (nSPS) is 24.6. The van der Waals surface area contributed by atoms with Gasteiger partial charge in [-0.15, -0.1) is 0 Å². The molecule has 0 radical (unpaired) electrons. The number of aliphatic hydroxyl groups is 1. The van der Waals surface area contributed by atoms with Gasteiger partial charge in [-0.2, -0.15) is 13.2 Å². The lowest BCUT2D eigenvalue weighted by molar-refractivity contribution is -0.331. The number of nitrogens with one attached hydrogen (secondary N) is 1. The van der Waals surface area contributed by atoms with E-state index in [2.05, 4.69) is 5.32 Å². The van der Waals surface area contributed by atoms with Crippen molar-refractivity contribution in [3.05, 3.63) is 46.8 Å². The van der Waals surface area contributed by atoms with Crippen LogP contribution in [0.15, 0.2) is 35.7 Å². The molecule has 164 valence electrons. The van der Waals surface area contributed by atoms with E-state index < -0.39 is 36.0 Å². The van der Waals surface area contributed by atoms with E-state index in [4.69, 9.17) is 4.74 Å². The summed E-state index contributed by atoms with van der Waals surface area (Å²) in [7, 11) is 0. The number of ketones is 1. The first-order valence-corrected chi connectivity index (χ1v) is 9.93. The van der Waals surface area contributed by atoms with Crippen LogP contribution in [0.1, 0.15) is 42.1 Å². The average molecular weight is 426 g/mol. The van der Waals surface area contributed by atoms with Crippen molar-refractivity contribution in [1.29, 1.82) is 0 Å². The Hall–Kier alpha value is -2.55. The molecule has 0 bridgehead atoms. The number of carbonyl (C=O) groups is 2. The molecule has 0 amide bonds. The largest absolute Gasteiger partial charge is 0.466 e. The molecule has 1 aromatic carbocycles. The van der Waals surface area contributed by atoms with Crippen LogP contribution < -0.4 is 5.32 Å². The highest BCUT2D eigenvalue weighted by Gasteiger charge is 2.67. The van der Waals surface area contributed by atoms with Gasteiger partial charge in [-0.25, -0.2) is 0 Å². The Kier molecular flexibility index (Phi) is 6.12. The zero-order valence-electron chi connectivity index (χ0n) is 16.9. The highest BCUT2D eigenvalue weighted by Crippen LogP contribution is 2.48. The molecule has 2 aliphatic heterocycles. The van der Waals surface area contributed by atoms with Crippen LogP contribution in [0.2, 0.25) is 0 Å². The molecule has 0 aliphatic carbocycles. The third-order valence-electron chi connectivity index (χ3n) is 5.54. The lowest BCUT2D eigenvalue weighted by Gasteiger charge is -2.49. The van der Waals surface area contributed by atoms with E-state index in [1.165, 1.54) is 6.92 Å². The van der Waals surface area contributed by atoms with Crippen LogP contribution in [0.25, 0.3) is 0 Å². The number of aryl methyl sites for hydroxylation is 1. The lowest BCUT2D eigenvalue weighted by Crippen LogP contribution is -2.68. The summed E-state index contributed by atoms with van der Waals surface area (Å²) >= 11 is 0. The van der Waals surface area contributed by atoms with Crippen LogP contribution >= 0.6 is 0 Å². The van der Waals surface area contributed by atoms with Crippen LogP contribution in [0.5, 0.6) is 0 Å². The number of halogens is 3. The van der Waals surface area contributed by atoms with Gasteiger partial charge in [-0.05, 0) is 33.1 Å². The second kappa shape index (κ2) is 8.29. The number of ether oxygens (including phenoxy) is 1. The van der Waals surface area contributed by atoms with E-state index >= 15 is 0 Å². The second-order valence-electron chi connectivity index (χ2n) is 7.54. The fourth-order valence-electron chi connectivity index (χ4n) is 3.97. The summed E-state index contributed by atoms with van der Waals surface area (Å²) in [6.07, 6.45) is -4.80. The van der Waals surface area contributed by atoms with Crippen molar-refractivity contribution in [2.75, 3.05) is 19.7 Å². The summed E-state index contributed by atoms with van der Waals surface area (Å²) < 4.78 is 47.3. The molecule has 30 heavy (non-hydrogen) atoms. The minimum atomic E-state index is -5.14. The maximum absolute atomic E-state index is 14.1. The highest BCUT2D eigenvalue weighted by atomic mass is 19.4. The van der Waals surface area contributed by atoms with E-state index in [1.54, 1.807) is 24.3 Å². The third kappa shape index (κ3) is 3.78. The molecule has 2 atom stereocenters. The van der Waals surface area contributed by atoms with Crippen molar-refractivity contribution in [3.8, 4) is 0 Å². The fourth-order valence-corrected chi connectivity index (χ4v) is 3.97. The summed E-state index contributed by atoms with van der Waals surface area (Å²) in [5, 5.41) is 13.8. The van der Waals surface area contributed by atoms with Gasteiger partial charge in [0.15, 0.2) is 5.78 Å². The number of benzene rings is 1. The quantitative estimate of drug-likeness (QED) is 0.570. The number of alkyl halides is 3. The number of allylic oxidation sites excluding steroid dienone is 1. The molecule has 2 unspecified atom stereocenters. The summed E-state index contributed by atoms with van der Waals surface area (Å²) in [5.41, 5.74) is -2.21. The fraction of sp³-hybridized carbons (Fsp3) is 0.524. The van der Waals surface area contributed by atoms with E-state index in [0.29, 0.717) is 24.9 Å². The predicted octanol–water partition coefficient (Wildman–Crippen LogP) is 2.91. The number of Topliss-reactive ketones (excluding diaryl/α,β-unsaturated/α-hetero) is 1. The molecule has 1 saturated heterocycles. The topological polar surface area (TPSA) is 78.9 Å². The van der Waals surface area contributed by atoms with Crippen molar-refractivity contribution in [2.45, 2.75) is 45.0 Å². The first kappa shape index (κ1) is 22.1. The van der Waals surface area contributed by atoms with Gasteiger partial charge >= 0.3 is 12.1 Å². The number of hydrogen-bond acceptors (Lipinski definition) is 6. The molecule has 6 nitrogen and oxygen atoms in total. The molecule has 3 rings (SSSR count). The Balaban J connectivity index is 2.17. The Bertz CT molecular complexity index is 851. The Morgan fingerprint density at radius 2 is 1.93 bits per heavy atom. The molecule has 0 saturated carbocycles. The summed E-state index contributed by atoms with van der Waals surface area (Å²) in [6.45, 7) is 3.39. The monoisotopic (exact) mass is 426 g/mol. The molecule has 1 aromatic rings. The number of carbonyl (C=O) groups excluding carboxylic acids is 2. The predicted molar refractivity (Wildman–Crippen MR) is 102 cm³/mol. The maximum Gasteiger partial charge on any atom is 0.437 e.